The van der Waals surface area contributed by atoms with E-state index in [-0.39, 0.29) is 29.1 Å². The minimum absolute atomic E-state index is 0.0593. The molecule has 0 bridgehead atoms. The van der Waals surface area contributed by atoms with Crippen molar-refractivity contribution in [3.63, 3.8) is 0 Å². The highest BCUT2D eigenvalue weighted by atomic mass is 79.9. The summed E-state index contributed by atoms with van der Waals surface area (Å²) in [6, 6.07) is 13.0. The number of nitrogens with one attached hydrogen (secondary N) is 2. The molecule has 2 N–H and O–H groups in total. The number of Topliss-reactive ketones (excluding diaryl/α,β-unsaturated/α-hetero) is 1. The molecule has 2 aromatic carbocycles. The van der Waals surface area contributed by atoms with Gasteiger partial charge in [-0.2, -0.15) is 0 Å². The van der Waals surface area contributed by atoms with E-state index in [9.17, 15) is 9.59 Å². The zero-order valence-corrected chi connectivity index (χ0v) is 24.7. The average Bonchev–Trinajstić information content (AvgIpc) is 3.33. The van der Waals surface area contributed by atoms with Crippen LogP contribution in [0.3, 0.4) is 0 Å². The smallest absolute Gasteiger partial charge is 0.237 e. The van der Waals surface area contributed by atoms with Gasteiger partial charge < -0.3 is 15.4 Å². The molecule has 3 aliphatic heterocycles. The molecule has 0 saturated carbocycles. The molecule has 2 saturated heterocycles. The van der Waals surface area contributed by atoms with Gasteiger partial charge in [0.05, 0.1) is 19.3 Å². The Morgan fingerprint density at radius 1 is 1.18 bits per heavy atom. The third-order valence-electron chi connectivity index (χ3n) is 8.18. The van der Waals surface area contributed by atoms with Crippen LogP contribution in [0.2, 0.25) is 5.02 Å². The molecule has 38 heavy (non-hydrogen) atoms. The molecule has 1 amide bonds. The van der Waals surface area contributed by atoms with Crippen molar-refractivity contribution in [1.82, 2.24) is 10.2 Å². The molecule has 2 fully saturated rings. The molecule has 0 unspecified atom stereocenters. The van der Waals surface area contributed by atoms with Crippen molar-refractivity contribution in [2.75, 3.05) is 38.2 Å². The predicted molar refractivity (Wildman–Crippen MR) is 155 cm³/mol. The quantitative estimate of drug-likeness (QED) is 0.436. The third kappa shape index (κ3) is 5.33. The van der Waals surface area contributed by atoms with Crippen molar-refractivity contribution >= 4 is 44.9 Å². The summed E-state index contributed by atoms with van der Waals surface area (Å²) < 4.78 is 6.39. The Labute approximate surface area is 239 Å². The van der Waals surface area contributed by atoms with Gasteiger partial charge in [0.2, 0.25) is 5.91 Å². The van der Waals surface area contributed by atoms with Crippen molar-refractivity contribution in [3.05, 3.63) is 63.1 Å². The summed E-state index contributed by atoms with van der Waals surface area (Å²) in [6.07, 6.45) is 2.00. The van der Waals surface area contributed by atoms with E-state index in [1.807, 2.05) is 36.4 Å². The van der Waals surface area contributed by atoms with E-state index < -0.39 is 11.5 Å². The fourth-order valence-corrected chi connectivity index (χ4v) is 7.22. The number of morpholine rings is 1. The first-order valence-electron chi connectivity index (χ1n) is 13.6. The number of carbonyl (C=O) groups excluding carboxylic acids is 2. The van der Waals surface area contributed by atoms with E-state index in [1.54, 1.807) is 0 Å². The van der Waals surface area contributed by atoms with Crippen molar-refractivity contribution in [1.29, 1.82) is 0 Å². The monoisotopic (exact) mass is 601 g/mol. The van der Waals surface area contributed by atoms with Crippen LogP contribution in [-0.4, -0.2) is 61.5 Å². The van der Waals surface area contributed by atoms with Gasteiger partial charge in [-0.1, -0.05) is 66.5 Å². The molecule has 204 valence electrons. The molecule has 1 spiro atoms. The third-order valence-corrected chi connectivity index (χ3v) is 8.91. The van der Waals surface area contributed by atoms with Crippen LogP contribution in [0.15, 0.2) is 46.9 Å². The van der Waals surface area contributed by atoms with Crippen LogP contribution in [0.5, 0.6) is 0 Å². The summed E-state index contributed by atoms with van der Waals surface area (Å²) in [7, 11) is 0. The number of benzene rings is 2. The van der Waals surface area contributed by atoms with Gasteiger partial charge in [0, 0.05) is 46.7 Å². The summed E-state index contributed by atoms with van der Waals surface area (Å²) in [5, 5.41) is 7.45. The Morgan fingerprint density at radius 3 is 2.66 bits per heavy atom. The number of carbonyl (C=O) groups is 2. The zero-order chi connectivity index (χ0) is 27.1. The highest BCUT2D eigenvalue weighted by Crippen LogP contribution is 2.57. The highest BCUT2D eigenvalue weighted by Gasteiger charge is 2.65. The highest BCUT2D eigenvalue weighted by molar-refractivity contribution is 9.10. The molecule has 3 aliphatic rings. The van der Waals surface area contributed by atoms with Crippen molar-refractivity contribution in [2.45, 2.75) is 63.5 Å². The van der Waals surface area contributed by atoms with Crippen LogP contribution in [0.1, 0.15) is 57.1 Å². The minimum atomic E-state index is -0.932. The van der Waals surface area contributed by atoms with Crippen LogP contribution in [0.4, 0.5) is 5.69 Å². The van der Waals surface area contributed by atoms with Crippen molar-refractivity contribution in [3.8, 4) is 0 Å². The normalized spacial score (nSPS) is 27.5. The maximum absolute atomic E-state index is 14.2. The second-order valence-corrected chi connectivity index (χ2v) is 13.4. The number of hydrogen-bond acceptors (Lipinski definition) is 5. The Morgan fingerprint density at radius 2 is 1.95 bits per heavy atom. The first-order valence-corrected chi connectivity index (χ1v) is 14.7. The van der Waals surface area contributed by atoms with Gasteiger partial charge in [-0.25, -0.2) is 0 Å². The maximum Gasteiger partial charge on any atom is 0.237 e. The fraction of sp³-hybridized carbons (Fsp3) is 0.533. The maximum atomic E-state index is 14.2. The average molecular weight is 603 g/mol. The number of fused-ring (bicyclic) bond motifs is 2. The van der Waals surface area contributed by atoms with Gasteiger partial charge in [0.1, 0.15) is 11.2 Å². The Hall–Kier alpha value is -1.77. The predicted octanol–water partition coefficient (Wildman–Crippen LogP) is 5.53. The molecule has 2 aromatic rings. The first kappa shape index (κ1) is 27.8. The van der Waals surface area contributed by atoms with E-state index in [4.69, 9.17) is 16.3 Å². The summed E-state index contributed by atoms with van der Waals surface area (Å²) in [6.45, 7) is 10.7. The lowest BCUT2D eigenvalue weighted by atomic mass is 9.62. The molecule has 8 heteroatoms. The second kappa shape index (κ2) is 11.0. The lowest BCUT2D eigenvalue weighted by Gasteiger charge is -2.37. The summed E-state index contributed by atoms with van der Waals surface area (Å²) in [5.74, 6) is -0.259. The number of rotatable bonds is 7. The first-order chi connectivity index (χ1) is 18.1. The van der Waals surface area contributed by atoms with Crippen LogP contribution in [-0.2, 0) is 19.7 Å². The molecular weight excluding hydrogens is 566 g/mol. The number of amides is 1. The summed E-state index contributed by atoms with van der Waals surface area (Å²) in [4.78, 5) is 30.6. The van der Waals surface area contributed by atoms with E-state index in [0.29, 0.717) is 11.4 Å². The van der Waals surface area contributed by atoms with Crippen LogP contribution >= 0.6 is 27.5 Å². The second-order valence-electron chi connectivity index (χ2n) is 12.0. The standard InChI is InChI=1S/C30H37BrClN3O3/c1-29(2,3)18-25-30(22-10-9-21(32)17-23(22)33-28(30)37)26(19-6-4-7-20(31)16-19)27(34-25)24(36)8-5-11-35-12-14-38-15-13-35/h4,6-7,9-10,16-17,25-27,34H,5,8,11-15,18H2,1-3H3,(H,33,37)/t25-,26+,27+,30+/m1/s1. The van der Waals surface area contributed by atoms with Gasteiger partial charge in [-0.3, -0.25) is 14.5 Å². The molecule has 3 heterocycles. The Kier molecular flexibility index (Phi) is 8.05. The molecule has 0 aliphatic carbocycles. The number of anilines is 1. The van der Waals surface area contributed by atoms with E-state index in [0.717, 1.165) is 67.0 Å². The topological polar surface area (TPSA) is 70.7 Å². The number of hydrogen-bond donors (Lipinski definition) is 2. The molecule has 4 atom stereocenters. The van der Waals surface area contributed by atoms with Crippen molar-refractivity contribution in [2.24, 2.45) is 5.41 Å². The lowest BCUT2D eigenvalue weighted by molar-refractivity contribution is -0.122. The van der Waals surface area contributed by atoms with Crippen LogP contribution in [0, 0.1) is 5.41 Å². The van der Waals surface area contributed by atoms with Crippen LogP contribution in [0.25, 0.3) is 0 Å². The van der Waals surface area contributed by atoms with Gasteiger partial charge >= 0.3 is 0 Å². The largest absolute Gasteiger partial charge is 0.379 e. The molecule has 0 radical (unpaired) electrons. The number of halogens is 2. The fourth-order valence-electron chi connectivity index (χ4n) is 6.63. The molecule has 5 rings (SSSR count). The SMILES string of the molecule is CC(C)(C)C[C@H]1N[C@@H](C(=O)CCCN2CCOCC2)[C@H](c2cccc(Br)c2)[C@@]12C(=O)Nc1cc(Cl)ccc12. The molecular formula is C30H37BrClN3O3. The minimum Gasteiger partial charge on any atom is -0.379 e. The summed E-state index contributed by atoms with van der Waals surface area (Å²) >= 11 is 9.98. The van der Waals surface area contributed by atoms with E-state index >= 15 is 0 Å². The summed E-state index contributed by atoms with van der Waals surface area (Å²) in [5.41, 5.74) is 1.65. The van der Waals surface area contributed by atoms with E-state index in [2.05, 4.69) is 58.3 Å². The van der Waals surface area contributed by atoms with Crippen molar-refractivity contribution < 1.29 is 14.3 Å². The number of ether oxygens (including phenoxy) is 1. The Bertz CT molecular complexity index is 1210. The molecule has 6 nitrogen and oxygen atoms in total. The lowest BCUT2D eigenvalue weighted by Crippen LogP contribution is -2.49. The van der Waals surface area contributed by atoms with Gasteiger partial charge in [-0.15, -0.1) is 0 Å². The van der Waals surface area contributed by atoms with Gasteiger partial charge in [0.25, 0.3) is 0 Å². The Balaban J connectivity index is 1.55. The zero-order valence-electron chi connectivity index (χ0n) is 22.4. The van der Waals surface area contributed by atoms with E-state index in [1.165, 1.54) is 0 Å². The number of ketones is 1. The van der Waals surface area contributed by atoms with Gasteiger partial charge in [-0.05, 0) is 60.2 Å². The molecule has 0 aromatic heterocycles. The van der Waals surface area contributed by atoms with Gasteiger partial charge in [0.15, 0.2) is 0 Å². The number of nitrogens with zero attached hydrogens (tertiary/aromatic N) is 1. The van der Waals surface area contributed by atoms with Crippen LogP contribution < -0.4 is 10.6 Å².